The van der Waals surface area contributed by atoms with Crippen molar-refractivity contribution in [3.05, 3.63) is 69.7 Å². The molecule has 1 nitrogen and oxygen atoms in total. The van der Waals surface area contributed by atoms with Crippen LogP contribution in [0.1, 0.15) is 37.0 Å². The first-order valence-corrected chi connectivity index (χ1v) is 7.59. The van der Waals surface area contributed by atoms with E-state index >= 15 is 0 Å². The first-order valence-electron chi connectivity index (χ1n) is 6.83. The summed E-state index contributed by atoms with van der Waals surface area (Å²) in [5.41, 5.74) is 2.21. The van der Waals surface area contributed by atoms with Crippen LogP contribution < -0.4 is 0 Å². The zero-order chi connectivity index (χ0) is 14.4. The fourth-order valence-electron chi connectivity index (χ4n) is 2.01. The lowest BCUT2D eigenvalue weighted by atomic mass is 10.0. The lowest BCUT2D eigenvalue weighted by Gasteiger charge is -2.19. The van der Waals surface area contributed by atoms with Crippen LogP contribution in [-0.4, -0.2) is 6.61 Å². The predicted octanol–water partition coefficient (Wildman–Crippen LogP) is 5.90. The number of unbranched alkanes of at least 4 members (excludes halogenated alkanes) is 1. The van der Waals surface area contributed by atoms with E-state index in [-0.39, 0.29) is 6.10 Å². The molecule has 0 aromatic heterocycles. The molecule has 0 atom stereocenters. The van der Waals surface area contributed by atoms with Crippen molar-refractivity contribution in [3.8, 4) is 0 Å². The Balaban J connectivity index is 2.23. The summed E-state index contributed by atoms with van der Waals surface area (Å²) >= 11 is 11.9. The lowest BCUT2D eigenvalue weighted by molar-refractivity contribution is 0.0778. The Morgan fingerprint density at radius 1 is 0.850 bits per heavy atom. The van der Waals surface area contributed by atoms with Crippen LogP contribution in [0.2, 0.25) is 10.0 Å². The normalized spacial score (nSPS) is 11.0. The lowest BCUT2D eigenvalue weighted by Crippen LogP contribution is -2.07. The van der Waals surface area contributed by atoms with E-state index < -0.39 is 0 Å². The van der Waals surface area contributed by atoms with Gasteiger partial charge in [0.15, 0.2) is 0 Å². The Labute approximate surface area is 130 Å². The summed E-state index contributed by atoms with van der Waals surface area (Å²) in [6.45, 7) is 2.90. The van der Waals surface area contributed by atoms with E-state index in [1.807, 2.05) is 48.5 Å². The molecule has 2 rings (SSSR count). The molecule has 0 saturated carbocycles. The smallest absolute Gasteiger partial charge is 0.108 e. The second-order valence-electron chi connectivity index (χ2n) is 4.71. The standard InChI is InChI=1S/C17H18Cl2O/c1-2-3-12-20-17(13-4-8-15(18)9-5-13)14-6-10-16(19)11-7-14/h4-11,17H,2-3,12H2,1H3. The van der Waals surface area contributed by atoms with Crippen LogP contribution in [0.4, 0.5) is 0 Å². The Morgan fingerprint density at radius 3 is 1.70 bits per heavy atom. The Hall–Kier alpha value is -1.02. The minimum atomic E-state index is -0.0731. The fourth-order valence-corrected chi connectivity index (χ4v) is 2.26. The third-order valence-electron chi connectivity index (χ3n) is 3.13. The quantitative estimate of drug-likeness (QED) is 0.604. The number of benzene rings is 2. The molecule has 106 valence electrons. The maximum absolute atomic E-state index is 6.05. The van der Waals surface area contributed by atoms with Gasteiger partial charge in [0.25, 0.3) is 0 Å². The second-order valence-corrected chi connectivity index (χ2v) is 5.58. The SMILES string of the molecule is CCCCOC(c1ccc(Cl)cc1)c1ccc(Cl)cc1. The van der Waals surface area contributed by atoms with Gasteiger partial charge in [-0.15, -0.1) is 0 Å². The number of rotatable bonds is 6. The third kappa shape index (κ3) is 4.24. The van der Waals surface area contributed by atoms with E-state index in [0.717, 1.165) is 40.6 Å². The van der Waals surface area contributed by atoms with Gasteiger partial charge in [-0.05, 0) is 41.8 Å². The van der Waals surface area contributed by atoms with E-state index in [0.29, 0.717) is 0 Å². The molecule has 0 aliphatic heterocycles. The number of halogens is 2. The molecule has 0 N–H and O–H groups in total. The van der Waals surface area contributed by atoms with Crippen LogP contribution in [0.15, 0.2) is 48.5 Å². The molecule has 0 amide bonds. The van der Waals surface area contributed by atoms with Gasteiger partial charge in [-0.25, -0.2) is 0 Å². The van der Waals surface area contributed by atoms with Gasteiger partial charge >= 0.3 is 0 Å². The van der Waals surface area contributed by atoms with E-state index in [1.54, 1.807) is 0 Å². The highest BCUT2D eigenvalue weighted by Gasteiger charge is 2.14. The zero-order valence-electron chi connectivity index (χ0n) is 11.5. The van der Waals surface area contributed by atoms with Gasteiger partial charge in [-0.1, -0.05) is 60.8 Å². The molecule has 0 spiro atoms. The van der Waals surface area contributed by atoms with Crippen molar-refractivity contribution in [1.29, 1.82) is 0 Å². The van der Waals surface area contributed by atoms with E-state index in [4.69, 9.17) is 27.9 Å². The van der Waals surface area contributed by atoms with Gasteiger partial charge in [0.05, 0.1) is 0 Å². The molecule has 0 saturated heterocycles. The Bertz CT molecular complexity index is 474. The summed E-state index contributed by atoms with van der Waals surface area (Å²) in [6, 6.07) is 15.6. The van der Waals surface area contributed by atoms with Crippen molar-refractivity contribution in [3.63, 3.8) is 0 Å². The molecule has 0 heterocycles. The maximum atomic E-state index is 6.05. The van der Waals surface area contributed by atoms with Crippen molar-refractivity contribution < 1.29 is 4.74 Å². The van der Waals surface area contributed by atoms with Crippen LogP contribution in [0.3, 0.4) is 0 Å². The fraction of sp³-hybridized carbons (Fsp3) is 0.294. The summed E-state index contributed by atoms with van der Waals surface area (Å²) in [7, 11) is 0. The third-order valence-corrected chi connectivity index (χ3v) is 3.63. The Morgan fingerprint density at radius 2 is 1.30 bits per heavy atom. The van der Waals surface area contributed by atoms with Crippen LogP contribution in [0, 0.1) is 0 Å². The van der Waals surface area contributed by atoms with Gasteiger partial charge in [0.2, 0.25) is 0 Å². The van der Waals surface area contributed by atoms with E-state index in [2.05, 4.69) is 6.92 Å². The first-order chi connectivity index (χ1) is 9.70. The van der Waals surface area contributed by atoms with E-state index in [1.165, 1.54) is 0 Å². The van der Waals surface area contributed by atoms with Crippen molar-refractivity contribution in [2.24, 2.45) is 0 Å². The minimum Gasteiger partial charge on any atom is -0.369 e. The van der Waals surface area contributed by atoms with Gasteiger partial charge in [-0.3, -0.25) is 0 Å². The highest BCUT2D eigenvalue weighted by molar-refractivity contribution is 6.30. The largest absolute Gasteiger partial charge is 0.369 e. The Kier molecular flexibility index (Phi) is 5.90. The van der Waals surface area contributed by atoms with Crippen molar-refractivity contribution in [1.82, 2.24) is 0 Å². The first kappa shape index (κ1) is 15.4. The molecular formula is C17H18Cl2O. The van der Waals surface area contributed by atoms with Crippen LogP contribution in [0.5, 0.6) is 0 Å². The topological polar surface area (TPSA) is 9.23 Å². The van der Waals surface area contributed by atoms with Gasteiger partial charge in [0, 0.05) is 16.7 Å². The molecular weight excluding hydrogens is 291 g/mol. The monoisotopic (exact) mass is 308 g/mol. The average Bonchev–Trinajstić information content (AvgIpc) is 2.46. The molecule has 0 fully saturated rings. The number of hydrogen-bond donors (Lipinski definition) is 0. The van der Waals surface area contributed by atoms with Crippen LogP contribution in [-0.2, 0) is 4.74 Å². The van der Waals surface area contributed by atoms with Crippen LogP contribution in [0.25, 0.3) is 0 Å². The summed E-state index contributed by atoms with van der Waals surface area (Å²) in [4.78, 5) is 0. The predicted molar refractivity (Wildman–Crippen MR) is 85.6 cm³/mol. The summed E-state index contributed by atoms with van der Waals surface area (Å²) in [6.07, 6.45) is 2.10. The van der Waals surface area contributed by atoms with Gasteiger partial charge < -0.3 is 4.74 Å². The molecule has 0 radical (unpaired) electrons. The molecule has 0 bridgehead atoms. The summed E-state index contributed by atoms with van der Waals surface area (Å²) in [5, 5.41) is 1.47. The van der Waals surface area contributed by atoms with E-state index in [9.17, 15) is 0 Å². The average molecular weight is 309 g/mol. The molecule has 0 aliphatic rings. The van der Waals surface area contributed by atoms with Gasteiger partial charge in [0.1, 0.15) is 6.10 Å². The highest BCUT2D eigenvalue weighted by atomic mass is 35.5. The molecule has 3 heteroatoms. The second kappa shape index (κ2) is 7.68. The molecule has 0 unspecified atom stereocenters. The molecule has 0 aliphatic carbocycles. The van der Waals surface area contributed by atoms with Crippen molar-refractivity contribution in [2.45, 2.75) is 25.9 Å². The minimum absolute atomic E-state index is 0.0731. The number of hydrogen-bond acceptors (Lipinski definition) is 1. The van der Waals surface area contributed by atoms with Crippen molar-refractivity contribution >= 4 is 23.2 Å². The zero-order valence-corrected chi connectivity index (χ0v) is 13.0. The summed E-state index contributed by atoms with van der Waals surface area (Å²) < 4.78 is 6.05. The molecule has 20 heavy (non-hydrogen) atoms. The number of ether oxygens (including phenoxy) is 1. The van der Waals surface area contributed by atoms with Gasteiger partial charge in [-0.2, -0.15) is 0 Å². The maximum Gasteiger partial charge on any atom is 0.108 e. The van der Waals surface area contributed by atoms with Crippen molar-refractivity contribution in [2.75, 3.05) is 6.61 Å². The molecule has 2 aromatic rings. The molecule has 2 aromatic carbocycles. The summed E-state index contributed by atoms with van der Waals surface area (Å²) in [5.74, 6) is 0. The van der Waals surface area contributed by atoms with Crippen LogP contribution >= 0.6 is 23.2 Å². The highest BCUT2D eigenvalue weighted by Crippen LogP contribution is 2.28.